The summed E-state index contributed by atoms with van der Waals surface area (Å²) in [7, 11) is 0. The minimum Gasteiger partial charge on any atom is -0.356 e. The van der Waals surface area contributed by atoms with E-state index in [0.29, 0.717) is 19.4 Å². The van der Waals surface area contributed by atoms with Gasteiger partial charge in [0, 0.05) is 37.0 Å². The first kappa shape index (κ1) is 21.8. The van der Waals surface area contributed by atoms with E-state index in [4.69, 9.17) is 5.73 Å². The number of hydrogen-bond donors (Lipinski definition) is 2. The molecule has 1 atom stereocenters. The second-order valence-corrected chi connectivity index (χ2v) is 5.90. The molecule has 0 aliphatic carbocycles. The van der Waals surface area contributed by atoms with Gasteiger partial charge < -0.3 is 11.1 Å². The number of nitrogens with one attached hydrogen (secondary N) is 1. The number of rotatable bonds is 7. The quantitative estimate of drug-likeness (QED) is 0.778. The van der Waals surface area contributed by atoms with Crippen LogP contribution in [0.25, 0.3) is 11.4 Å². The van der Waals surface area contributed by atoms with E-state index < -0.39 is 0 Å². The Morgan fingerprint density at radius 3 is 2.78 bits per heavy atom. The number of carbonyl (C=O) groups is 1. The first-order valence-electron chi connectivity index (χ1n) is 7.03. The van der Waals surface area contributed by atoms with Crippen molar-refractivity contribution in [2.75, 3.05) is 6.54 Å². The highest BCUT2D eigenvalue weighted by molar-refractivity contribution is 7.09. The van der Waals surface area contributed by atoms with Crippen LogP contribution in [0.5, 0.6) is 0 Å². The van der Waals surface area contributed by atoms with E-state index in [2.05, 4.69) is 15.3 Å². The minimum absolute atomic E-state index is 0. The van der Waals surface area contributed by atoms with Crippen LogP contribution in [0.1, 0.15) is 24.8 Å². The molecule has 2 aromatic heterocycles. The topological polar surface area (TPSA) is 80.9 Å². The van der Waals surface area contributed by atoms with Crippen LogP contribution in [0.2, 0.25) is 0 Å². The number of thiazole rings is 1. The molecular weight excluding hydrogens is 355 g/mol. The lowest BCUT2D eigenvalue weighted by atomic mass is 10.2. The van der Waals surface area contributed by atoms with Crippen molar-refractivity contribution in [3.63, 3.8) is 0 Å². The van der Waals surface area contributed by atoms with E-state index in [0.717, 1.165) is 22.8 Å². The summed E-state index contributed by atoms with van der Waals surface area (Å²) in [4.78, 5) is 20.4. The van der Waals surface area contributed by atoms with Crippen molar-refractivity contribution >= 4 is 42.1 Å². The predicted molar refractivity (Wildman–Crippen MR) is 99.4 cm³/mol. The van der Waals surface area contributed by atoms with Gasteiger partial charge in [-0.05, 0) is 25.5 Å². The SMILES string of the molecule is CC(N)CCC(=O)NCCc1nc(-c2ccccn2)cs1.Cl.Cl. The molecule has 2 rings (SSSR count). The molecule has 0 radical (unpaired) electrons. The largest absolute Gasteiger partial charge is 0.356 e. The van der Waals surface area contributed by atoms with Crippen LogP contribution in [0, 0.1) is 0 Å². The summed E-state index contributed by atoms with van der Waals surface area (Å²) in [6.45, 7) is 2.51. The summed E-state index contributed by atoms with van der Waals surface area (Å²) in [6.07, 6.45) is 3.69. The predicted octanol–water partition coefficient (Wildman–Crippen LogP) is 2.83. The van der Waals surface area contributed by atoms with Gasteiger partial charge in [-0.3, -0.25) is 9.78 Å². The maximum atomic E-state index is 11.6. The van der Waals surface area contributed by atoms with Crippen molar-refractivity contribution in [1.82, 2.24) is 15.3 Å². The van der Waals surface area contributed by atoms with Gasteiger partial charge >= 0.3 is 0 Å². The van der Waals surface area contributed by atoms with E-state index >= 15 is 0 Å². The van der Waals surface area contributed by atoms with Gasteiger partial charge in [-0.1, -0.05) is 6.07 Å². The fourth-order valence-electron chi connectivity index (χ4n) is 1.81. The Kier molecular flexibility index (Phi) is 10.7. The Morgan fingerprint density at radius 2 is 2.13 bits per heavy atom. The third kappa shape index (κ3) is 7.74. The summed E-state index contributed by atoms with van der Waals surface area (Å²) in [6, 6.07) is 5.83. The lowest BCUT2D eigenvalue weighted by Crippen LogP contribution is -2.27. The Bertz CT molecular complexity index is 578. The molecule has 0 bridgehead atoms. The number of aromatic nitrogens is 2. The van der Waals surface area contributed by atoms with Crippen LogP contribution in [-0.4, -0.2) is 28.5 Å². The molecule has 5 nitrogen and oxygen atoms in total. The number of hydrogen-bond acceptors (Lipinski definition) is 5. The highest BCUT2D eigenvalue weighted by Crippen LogP contribution is 2.19. The lowest BCUT2D eigenvalue weighted by Gasteiger charge is -2.05. The van der Waals surface area contributed by atoms with Crippen LogP contribution in [0.3, 0.4) is 0 Å². The fourth-order valence-corrected chi connectivity index (χ4v) is 2.61. The average molecular weight is 377 g/mol. The molecule has 23 heavy (non-hydrogen) atoms. The fraction of sp³-hybridized carbons (Fsp3) is 0.400. The first-order valence-corrected chi connectivity index (χ1v) is 7.91. The van der Waals surface area contributed by atoms with E-state index in [1.807, 2.05) is 30.5 Å². The maximum Gasteiger partial charge on any atom is 0.220 e. The Hall–Kier alpha value is -1.21. The first-order chi connectivity index (χ1) is 10.1. The van der Waals surface area contributed by atoms with Crippen LogP contribution in [0.4, 0.5) is 0 Å². The average Bonchev–Trinajstić information content (AvgIpc) is 2.95. The third-order valence-corrected chi connectivity index (χ3v) is 3.88. The monoisotopic (exact) mass is 376 g/mol. The summed E-state index contributed by atoms with van der Waals surface area (Å²) in [5, 5.41) is 5.89. The van der Waals surface area contributed by atoms with Crippen LogP contribution < -0.4 is 11.1 Å². The highest BCUT2D eigenvalue weighted by Gasteiger charge is 2.07. The summed E-state index contributed by atoms with van der Waals surface area (Å²) >= 11 is 1.59. The van der Waals surface area contributed by atoms with Crippen molar-refractivity contribution in [2.24, 2.45) is 5.73 Å². The van der Waals surface area contributed by atoms with Crippen LogP contribution in [0.15, 0.2) is 29.8 Å². The zero-order chi connectivity index (χ0) is 15.1. The third-order valence-electron chi connectivity index (χ3n) is 2.97. The second-order valence-electron chi connectivity index (χ2n) is 4.96. The highest BCUT2D eigenvalue weighted by atomic mass is 35.5. The Morgan fingerprint density at radius 1 is 1.35 bits per heavy atom. The van der Waals surface area contributed by atoms with Gasteiger partial charge in [-0.15, -0.1) is 36.2 Å². The zero-order valence-electron chi connectivity index (χ0n) is 12.9. The maximum absolute atomic E-state index is 11.6. The molecule has 1 amide bonds. The molecule has 0 saturated heterocycles. The van der Waals surface area contributed by atoms with Crippen molar-refractivity contribution in [1.29, 1.82) is 0 Å². The molecule has 0 fully saturated rings. The number of nitrogens with zero attached hydrogens (tertiary/aromatic N) is 2. The molecule has 2 heterocycles. The van der Waals surface area contributed by atoms with Gasteiger partial charge in [-0.2, -0.15) is 0 Å². The number of pyridine rings is 1. The van der Waals surface area contributed by atoms with Crippen molar-refractivity contribution in [2.45, 2.75) is 32.2 Å². The van der Waals surface area contributed by atoms with Crippen molar-refractivity contribution in [3.8, 4) is 11.4 Å². The van der Waals surface area contributed by atoms with Crippen molar-refractivity contribution in [3.05, 3.63) is 34.8 Å². The van der Waals surface area contributed by atoms with Gasteiger partial charge in [0.2, 0.25) is 5.91 Å². The van der Waals surface area contributed by atoms with Crippen molar-refractivity contribution < 1.29 is 4.79 Å². The van der Waals surface area contributed by atoms with Gasteiger partial charge in [-0.25, -0.2) is 4.98 Å². The number of halogens is 2. The van der Waals surface area contributed by atoms with Gasteiger partial charge in [0.25, 0.3) is 0 Å². The summed E-state index contributed by atoms with van der Waals surface area (Å²) in [5.74, 6) is 0.0498. The lowest BCUT2D eigenvalue weighted by molar-refractivity contribution is -0.121. The number of nitrogens with two attached hydrogens (primary N) is 1. The van der Waals surface area contributed by atoms with E-state index in [9.17, 15) is 4.79 Å². The summed E-state index contributed by atoms with van der Waals surface area (Å²) < 4.78 is 0. The zero-order valence-corrected chi connectivity index (χ0v) is 15.3. The second kappa shape index (κ2) is 11.3. The smallest absolute Gasteiger partial charge is 0.220 e. The summed E-state index contributed by atoms with van der Waals surface area (Å²) in [5.41, 5.74) is 7.39. The molecule has 0 aliphatic heterocycles. The molecule has 128 valence electrons. The van der Waals surface area contributed by atoms with Crippen LogP contribution >= 0.6 is 36.2 Å². The molecular formula is C15H22Cl2N4OS. The Labute approximate surface area is 152 Å². The number of carbonyl (C=O) groups excluding carboxylic acids is 1. The van der Waals surface area contributed by atoms with Gasteiger partial charge in [0.1, 0.15) is 0 Å². The van der Waals surface area contributed by atoms with E-state index in [1.54, 1.807) is 17.5 Å². The molecule has 1 unspecified atom stereocenters. The molecule has 0 spiro atoms. The molecule has 2 aromatic rings. The molecule has 0 aliphatic rings. The van der Waals surface area contributed by atoms with Crippen LogP contribution in [-0.2, 0) is 11.2 Å². The molecule has 8 heteroatoms. The molecule has 0 saturated carbocycles. The molecule has 0 aromatic carbocycles. The Balaban J connectivity index is 0.00000242. The molecule has 3 N–H and O–H groups in total. The minimum atomic E-state index is 0. The normalized spacial score (nSPS) is 11.0. The number of amides is 1. The standard InChI is InChI=1S/C15H20N4OS.2ClH/c1-11(16)5-6-14(20)18-9-7-15-19-13(10-21-15)12-4-2-3-8-17-12;;/h2-4,8,10-11H,5-7,9,16H2,1H3,(H,18,20);2*1H. The van der Waals surface area contributed by atoms with E-state index in [1.165, 1.54) is 0 Å². The van der Waals surface area contributed by atoms with Gasteiger partial charge in [0.05, 0.1) is 16.4 Å². The van der Waals surface area contributed by atoms with Gasteiger partial charge in [0.15, 0.2) is 0 Å². The van der Waals surface area contributed by atoms with E-state index in [-0.39, 0.29) is 36.8 Å².